The summed E-state index contributed by atoms with van der Waals surface area (Å²) in [5, 5.41) is 0.654. The van der Waals surface area contributed by atoms with Crippen LogP contribution in [0.5, 0.6) is 23.0 Å². The first-order chi connectivity index (χ1) is 14.6. The number of para-hydroxylation sites is 1. The van der Waals surface area contributed by atoms with Gasteiger partial charge in [0.1, 0.15) is 18.1 Å². The summed E-state index contributed by atoms with van der Waals surface area (Å²) in [7, 11) is 3.11. The van der Waals surface area contributed by atoms with E-state index in [9.17, 15) is 4.79 Å². The molecule has 0 saturated carbocycles. The molecule has 0 spiro atoms. The summed E-state index contributed by atoms with van der Waals surface area (Å²) in [6, 6.07) is 18.1. The van der Waals surface area contributed by atoms with Crippen LogP contribution in [0.1, 0.15) is 21.5 Å². The Morgan fingerprint density at radius 2 is 1.83 bits per heavy atom. The lowest BCUT2D eigenvalue weighted by molar-refractivity contribution is 0.101. The van der Waals surface area contributed by atoms with Crippen LogP contribution >= 0.6 is 11.6 Å². The van der Waals surface area contributed by atoms with Crippen LogP contribution in [0.15, 0.2) is 66.4 Å². The van der Waals surface area contributed by atoms with Crippen LogP contribution in [0.25, 0.3) is 6.08 Å². The standard InChI is InChI=1S/C24H19ClO5/c1-27-20-8-4-6-16(24(20)28-2)12-22-23(26)19-10-9-18(13-21(19)30-22)29-14-15-5-3-7-17(25)11-15/h3-13H,14H2,1-2H3/b22-12-. The molecule has 0 amide bonds. The molecule has 6 heteroatoms. The van der Waals surface area contributed by atoms with Crippen molar-refractivity contribution in [3.05, 3.63) is 88.1 Å². The van der Waals surface area contributed by atoms with Crippen LogP contribution < -0.4 is 18.9 Å². The first-order valence-electron chi connectivity index (χ1n) is 9.25. The van der Waals surface area contributed by atoms with Gasteiger partial charge in [-0.2, -0.15) is 0 Å². The first kappa shape index (κ1) is 19.9. The van der Waals surface area contributed by atoms with Crippen LogP contribution in [0, 0.1) is 0 Å². The third-order valence-electron chi connectivity index (χ3n) is 4.66. The molecule has 1 heterocycles. The number of halogens is 1. The number of hydrogen-bond donors (Lipinski definition) is 0. The van der Waals surface area contributed by atoms with E-state index >= 15 is 0 Å². The summed E-state index contributed by atoms with van der Waals surface area (Å²) < 4.78 is 22.4. The molecule has 1 aliphatic rings. The first-order valence-corrected chi connectivity index (χ1v) is 9.63. The minimum absolute atomic E-state index is 0.198. The van der Waals surface area contributed by atoms with Crippen molar-refractivity contribution in [3.63, 3.8) is 0 Å². The minimum atomic E-state index is -0.198. The Kier molecular flexibility index (Phi) is 5.63. The summed E-state index contributed by atoms with van der Waals surface area (Å²) in [5.74, 6) is 2.18. The van der Waals surface area contributed by atoms with Crippen molar-refractivity contribution in [1.29, 1.82) is 0 Å². The number of rotatable bonds is 6. The van der Waals surface area contributed by atoms with E-state index in [-0.39, 0.29) is 11.5 Å². The number of carbonyl (C=O) groups excluding carboxylic acids is 1. The number of Topliss-reactive ketones (excluding diaryl/α,β-unsaturated/α-hetero) is 1. The monoisotopic (exact) mass is 422 g/mol. The molecule has 0 atom stereocenters. The van der Waals surface area contributed by atoms with Crippen LogP contribution in [0.3, 0.4) is 0 Å². The summed E-state index contributed by atoms with van der Waals surface area (Å²) in [6.07, 6.45) is 1.65. The van der Waals surface area contributed by atoms with Crippen molar-refractivity contribution in [2.24, 2.45) is 0 Å². The molecule has 0 aliphatic carbocycles. The molecule has 0 saturated heterocycles. The van der Waals surface area contributed by atoms with Crippen molar-refractivity contribution in [2.75, 3.05) is 14.2 Å². The molecule has 30 heavy (non-hydrogen) atoms. The average molecular weight is 423 g/mol. The molecule has 5 nitrogen and oxygen atoms in total. The van der Waals surface area contributed by atoms with Crippen LogP contribution in [-0.2, 0) is 6.61 Å². The summed E-state index contributed by atoms with van der Waals surface area (Å²) in [5.41, 5.74) is 2.12. The van der Waals surface area contributed by atoms with Crippen molar-refractivity contribution in [3.8, 4) is 23.0 Å². The van der Waals surface area contributed by atoms with Gasteiger partial charge < -0.3 is 18.9 Å². The van der Waals surface area contributed by atoms with Gasteiger partial charge in [0.2, 0.25) is 5.78 Å². The lowest BCUT2D eigenvalue weighted by atomic mass is 10.1. The van der Waals surface area contributed by atoms with Gasteiger partial charge >= 0.3 is 0 Å². The normalized spacial score (nSPS) is 13.7. The van der Waals surface area contributed by atoms with Gasteiger partial charge in [0.25, 0.3) is 0 Å². The van der Waals surface area contributed by atoms with E-state index in [0.717, 1.165) is 5.56 Å². The second-order valence-electron chi connectivity index (χ2n) is 6.60. The molecule has 0 N–H and O–H groups in total. The zero-order valence-electron chi connectivity index (χ0n) is 16.5. The maximum atomic E-state index is 12.8. The second-order valence-corrected chi connectivity index (χ2v) is 7.04. The molecule has 1 aliphatic heterocycles. The lowest BCUT2D eigenvalue weighted by Crippen LogP contribution is -1.99. The van der Waals surface area contributed by atoms with Gasteiger partial charge in [-0.3, -0.25) is 4.79 Å². The van der Waals surface area contributed by atoms with Crippen LogP contribution in [0.4, 0.5) is 0 Å². The van der Waals surface area contributed by atoms with Gasteiger partial charge in [-0.05, 0) is 42.0 Å². The highest BCUT2D eigenvalue weighted by atomic mass is 35.5. The fraction of sp³-hybridized carbons (Fsp3) is 0.125. The highest BCUT2D eigenvalue weighted by Gasteiger charge is 2.28. The fourth-order valence-electron chi connectivity index (χ4n) is 3.22. The number of allylic oxidation sites excluding steroid dienone is 1. The molecule has 0 fully saturated rings. The van der Waals surface area contributed by atoms with Crippen molar-refractivity contribution in [2.45, 2.75) is 6.61 Å². The van der Waals surface area contributed by atoms with E-state index in [2.05, 4.69) is 0 Å². The Hall–Kier alpha value is -3.44. The molecule has 0 bridgehead atoms. The number of ether oxygens (including phenoxy) is 4. The quantitative estimate of drug-likeness (QED) is 0.487. The number of ketones is 1. The number of methoxy groups -OCH3 is 2. The van der Waals surface area contributed by atoms with Crippen LogP contribution in [0.2, 0.25) is 5.02 Å². The molecule has 0 unspecified atom stereocenters. The lowest BCUT2D eigenvalue weighted by Gasteiger charge is -2.10. The highest BCUT2D eigenvalue weighted by molar-refractivity contribution is 6.30. The topological polar surface area (TPSA) is 54.0 Å². The molecule has 0 radical (unpaired) electrons. The second kappa shape index (κ2) is 8.51. The zero-order chi connectivity index (χ0) is 21.1. The number of hydrogen-bond acceptors (Lipinski definition) is 5. The molecule has 3 aromatic carbocycles. The molecule has 4 rings (SSSR count). The highest BCUT2D eigenvalue weighted by Crippen LogP contribution is 2.37. The van der Waals surface area contributed by atoms with Gasteiger partial charge in [0, 0.05) is 16.7 Å². The molecule has 0 aromatic heterocycles. The van der Waals surface area contributed by atoms with E-state index in [4.69, 9.17) is 30.5 Å². The predicted molar refractivity (Wildman–Crippen MR) is 115 cm³/mol. The Labute approximate surface area is 179 Å². The van der Waals surface area contributed by atoms with E-state index < -0.39 is 0 Å². The maximum absolute atomic E-state index is 12.8. The van der Waals surface area contributed by atoms with E-state index in [1.807, 2.05) is 36.4 Å². The van der Waals surface area contributed by atoms with Crippen molar-refractivity contribution >= 4 is 23.5 Å². The summed E-state index contributed by atoms with van der Waals surface area (Å²) in [6.45, 7) is 0.358. The van der Waals surface area contributed by atoms with Crippen molar-refractivity contribution < 1.29 is 23.7 Å². The van der Waals surface area contributed by atoms with E-state index in [1.165, 1.54) is 0 Å². The molecule has 3 aromatic rings. The zero-order valence-corrected chi connectivity index (χ0v) is 17.2. The number of benzene rings is 3. The van der Waals surface area contributed by atoms with Gasteiger partial charge in [-0.15, -0.1) is 0 Å². The third-order valence-corrected chi connectivity index (χ3v) is 4.89. The maximum Gasteiger partial charge on any atom is 0.231 e. The van der Waals surface area contributed by atoms with Crippen LogP contribution in [-0.4, -0.2) is 20.0 Å². The largest absolute Gasteiger partial charge is 0.493 e. The number of carbonyl (C=O) groups is 1. The average Bonchev–Trinajstić information content (AvgIpc) is 3.06. The fourth-order valence-corrected chi connectivity index (χ4v) is 3.43. The Morgan fingerprint density at radius 1 is 1.00 bits per heavy atom. The van der Waals surface area contributed by atoms with Gasteiger partial charge in [0.15, 0.2) is 17.3 Å². The Balaban J connectivity index is 1.55. The Morgan fingerprint density at radius 3 is 2.60 bits per heavy atom. The molecular formula is C24H19ClO5. The Bertz CT molecular complexity index is 1140. The van der Waals surface area contributed by atoms with Gasteiger partial charge in [0.05, 0.1) is 19.8 Å². The van der Waals surface area contributed by atoms with Crippen molar-refractivity contribution in [1.82, 2.24) is 0 Å². The van der Waals surface area contributed by atoms with E-state index in [1.54, 1.807) is 44.6 Å². The SMILES string of the molecule is COc1cccc(/C=C2\Oc3cc(OCc4cccc(Cl)c4)ccc3C2=O)c1OC. The number of fused-ring (bicyclic) bond motifs is 1. The molecular weight excluding hydrogens is 404 g/mol. The minimum Gasteiger partial charge on any atom is -0.493 e. The third kappa shape index (κ3) is 3.98. The van der Waals surface area contributed by atoms with Gasteiger partial charge in [-0.25, -0.2) is 0 Å². The van der Waals surface area contributed by atoms with Gasteiger partial charge in [-0.1, -0.05) is 35.9 Å². The predicted octanol–water partition coefficient (Wildman–Crippen LogP) is 5.55. The summed E-state index contributed by atoms with van der Waals surface area (Å²) >= 11 is 6.01. The smallest absolute Gasteiger partial charge is 0.231 e. The molecule has 152 valence electrons. The van der Waals surface area contributed by atoms with E-state index in [0.29, 0.717) is 45.8 Å². The summed E-state index contributed by atoms with van der Waals surface area (Å²) in [4.78, 5) is 12.8.